The van der Waals surface area contributed by atoms with E-state index in [9.17, 15) is 18.3 Å². The highest BCUT2D eigenvalue weighted by molar-refractivity contribution is 7.98. The normalized spacial score (nSPS) is 12.4. The van der Waals surface area contributed by atoms with Crippen molar-refractivity contribution >= 4 is 39.2 Å². The van der Waals surface area contributed by atoms with Gasteiger partial charge in [-0.1, -0.05) is 41.9 Å². The van der Waals surface area contributed by atoms with E-state index in [-0.39, 0.29) is 10.6 Å². The Bertz CT molecular complexity index is 1090. The number of nitrogens with zero attached hydrogens (tertiary/aromatic N) is 1. The number of carbonyl (C=O) groups is 1. The van der Waals surface area contributed by atoms with Gasteiger partial charge in [-0.15, -0.1) is 0 Å². The Morgan fingerprint density at radius 2 is 1.63 bits per heavy atom. The molecule has 0 aliphatic heterocycles. The van der Waals surface area contributed by atoms with Gasteiger partial charge in [-0.05, 0) is 47.5 Å². The van der Waals surface area contributed by atoms with Crippen LogP contribution in [-0.4, -0.2) is 36.0 Å². The molecule has 0 radical (unpaired) electrons. The summed E-state index contributed by atoms with van der Waals surface area (Å²) in [6, 6.07) is 19.2. The predicted molar refractivity (Wildman–Crippen MR) is 120 cm³/mol. The number of carboxylic acids is 1. The minimum Gasteiger partial charge on any atom is -0.481 e. The maximum atomic E-state index is 12.8. The molecular formula is C22H20ClNO4S2. The summed E-state index contributed by atoms with van der Waals surface area (Å²) in [5, 5.41) is 10.1. The van der Waals surface area contributed by atoms with Gasteiger partial charge in [-0.3, -0.25) is 9.78 Å². The summed E-state index contributed by atoms with van der Waals surface area (Å²) in [4.78, 5) is 15.9. The van der Waals surface area contributed by atoms with Crippen molar-refractivity contribution in [2.45, 2.75) is 10.6 Å². The number of aliphatic carboxylic acids is 1. The lowest BCUT2D eigenvalue weighted by molar-refractivity contribution is -0.140. The lowest BCUT2D eigenvalue weighted by Gasteiger charge is -2.13. The zero-order valence-electron chi connectivity index (χ0n) is 15.9. The average molecular weight is 462 g/mol. The molecule has 0 amide bonds. The molecule has 0 aliphatic rings. The highest BCUT2D eigenvalue weighted by Crippen LogP contribution is 2.25. The van der Waals surface area contributed by atoms with Crippen LogP contribution in [0.15, 0.2) is 77.8 Å². The van der Waals surface area contributed by atoms with Gasteiger partial charge in [0.05, 0.1) is 22.3 Å². The second-order valence-electron chi connectivity index (χ2n) is 6.68. The first kappa shape index (κ1) is 22.3. The molecule has 1 heterocycles. The fourth-order valence-corrected chi connectivity index (χ4v) is 5.69. The third kappa shape index (κ3) is 6.08. The average Bonchev–Trinajstić information content (AvgIpc) is 2.74. The second kappa shape index (κ2) is 10.1. The summed E-state index contributed by atoms with van der Waals surface area (Å²) in [7, 11) is -3.74. The van der Waals surface area contributed by atoms with Crippen LogP contribution in [0.1, 0.15) is 5.69 Å². The van der Waals surface area contributed by atoms with Crippen LogP contribution in [0.3, 0.4) is 0 Å². The van der Waals surface area contributed by atoms with E-state index >= 15 is 0 Å². The van der Waals surface area contributed by atoms with E-state index in [2.05, 4.69) is 4.98 Å². The van der Waals surface area contributed by atoms with Crippen LogP contribution in [-0.2, 0) is 20.4 Å². The maximum absolute atomic E-state index is 12.8. The lowest BCUT2D eigenvalue weighted by atomic mass is 10.1. The Morgan fingerprint density at radius 3 is 2.20 bits per heavy atom. The first-order valence-electron chi connectivity index (χ1n) is 9.14. The molecule has 156 valence electrons. The first-order chi connectivity index (χ1) is 14.3. The fraction of sp³-hybridized carbons (Fsp3) is 0.182. The number of carboxylic acid groups (broad SMARTS) is 1. The third-order valence-electron chi connectivity index (χ3n) is 4.46. The molecule has 8 heteroatoms. The van der Waals surface area contributed by atoms with E-state index < -0.39 is 27.5 Å². The number of rotatable bonds is 9. The summed E-state index contributed by atoms with van der Waals surface area (Å²) in [5.41, 5.74) is 2.59. The van der Waals surface area contributed by atoms with E-state index in [1.54, 1.807) is 36.5 Å². The third-order valence-corrected chi connectivity index (χ3v) is 7.68. The van der Waals surface area contributed by atoms with Crippen LogP contribution in [0, 0.1) is 5.92 Å². The van der Waals surface area contributed by atoms with Gasteiger partial charge >= 0.3 is 5.97 Å². The molecule has 0 aliphatic carbocycles. The molecular weight excluding hydrogens is 442 g/mol. The van der Waals surface area contributed by atoms with Crippen molar-refractivity contribution in [3.05, 3.63) is 83.6 Å². The maximum Gasteiger partial charge on any atom is 0.308 e. The van der Waals surface area contributed by atoms with Crippen molar-refractivity contribution < 1.29 is 18.3 Å². The highest BCUT2D eigenvalue weighted by Gasteiger charge is 2.26. The quantitative estimate of drug-likeness (QED) is 0.492. The van der Waals surface area contributed by atoms with Gasteiger partial charge < -0.3 is 5.11 Å². The van der Waals surface area contributed by atoms with Gasteiger partial charge in [0.2, 0.25) is 0 Å². The standard InChI is InChI=1S/C22H20ClNO4S2/c23-19-8-4-16(5-9-19)17-6-10-21(11-7-17)30(27,28)15-18(22(25)26)13-29-14-20-3-1-2-12-24-20/h1-12,18H,13-15H2,(H,25,26). The van der Waals surface area contributed by atoms with Crippen molar-refractivity contribution in [3.8, 4) is 11.1 Å². The largest absolute Gasteiger partial charge is 0.481 e. The molecule has 30 heavy (non-hydrogen) atoms. The number of pyridine rings is 1. The molecule has 0 fully saturated rings. The monoisotopic (exact) mass is 461 g/mol. The van der Waals surface area contributed by atoms with Crippen molar-refractivity contribution in [1.82, 2.24) is 4.98 Å². The van der Waals surface area contributed by atoms with Gasteiger partial charge in [0, 0.05) is 22.7 Å². The number of aromatic nitrogens is 1. The Hall–Kier alpha value is -2.35. The zero-order chi connectivity index (χ0) is 21.6. The molecule has 1 N–H and O–H groups in total. The van der Waals surface area contributed by atoms with Gasteiger partial charge in [-0.25, -0.2) is 8.42 Å². The van der Waals surface area contributed by atoms with Crippen LogP contribution < -0.4 is 0 Å². The first-order valence-corrected chi connectivity index (χ1v) is 12.3. The molecule has 1 unspecified atom stereocenters. The van der Waals surface area contributed by atoms with Crippen LogP contribution in [0.5, 0.6) is 0 Å². The fourth-order valence-electron chi connectivity index (χ4n) is 2.84. The predicted octanol–water partition coefficient (Wildman–Crippen LogP) is 4.81. The topological polar surface area (TPSA) is 84.3 Å². The summed E-state index contributed by atoms with van der Waals surface area (Å²) < 4.78 is 25.5. The minimum atomic E-state index is -3.74. The number of sulfone groups is 1. The highest BCUT2D eigenvalue weighted by atomic mass is 35.5. The van der Waals surface area contributed by atoms with E-state index in [1.165, 1.54) is 23.9 Å². The molecule has 1 aromatic heterocycles. The molecule has 0 saturated heterocycles. The minimum absolute atomic E-state index is 0.112. The summed E-state index contributed by atoms with van der Waals surface area (Å²) in [6.45, 7) is 0. The van der Waals surface area contributed by atoms with E-state index in [1.807, 2.05) is 24.3 Å². The van der Waals surface area contributed by atoms with E-state index in [0.717, 1.165) is 16.8 Å². The van der Waals surface area contributed by atoms with Crippen LogP contribution in [0.2, 0.25) is 5.02 Å². The van der Waals surface area contributed by atoms with Crippen molar-refractivity contribution in [2.75, 3.05) is 11.5 Å². The Morgan fingerprint density at radius 1 is 1.00 bits per heavy atom. The summed E-state index contributed by atoms with van der Waals surface area (Å²) >= 11 is 7.26. The summed E-state index contributed by atoms with van der Waals surface area (Å²) in [6.07, 6.45) is 1.67. The van der Waals surface area contributed by atoms with Crippen LogP contribution >= 0.6 is 23.4 Å². The lowest BCUT2D eigenvalue weighted by Crippen LogP contribution is -2.26. The van der Waals surface area contributed by atoms with Gasteiger partial charge in [0.15, 0.2) is 9.84 Å². The molecule has 0 spiro atoms. The number of hydrogen-bond acceptors (Lipinski definition) is 5. The second-order valence-corrected chi connectivity index (χ2v) is 10.2. The number of thioether (sulfide) groups is 1. The Labute approximate surface area is 185 Å². The number of hydrogen-bond donors (Lipinski definition) is 1. The number of benzene rings is 2. The van der Waals surface area contributed by atoms with Crippen molar-refractivity contribution in [2.24, 2.45) is 5.92 Å². The van der Waals surface area contributed by atoms with Gasteiger partial charge in [0.25, 0.3) is 0 Å². The zero-order valence-corrected chi connectivity index (χ0v) is 18.3. The molecule has 1 atom stereocenters. The van der Waals surface area contributed by atoms with Crippen LogP contribution in [0.25, 0.3) is 11.1 Å². The molecule has 5 nitrogen and oxygen atoms in total. The van der Waals surface area contributed by atoms with Crippen LogP contribution in [0.4, 0.5) is 0 Å². The Balaban J connectivity index is 1.66. The van der Waals surface area contributed by atoms with Crippen molar-refractivity contribution in [3.63, 3.8) is 0 Å². The smallest absolute Gasteiger partial charge is 0.308 e. The molecule has 2 aromatic carbocycles. The Kier molecular flexibility index (Phi) is 7.53. The summed E-state index contributed by atoms with van der Waals surface area (Å²) in [5.74, 6) is -1.85. The SMILES string of the molecule is O=C(O)C(CSCc1ccccn1)CS(=O)(=O)c1ccc(-c2ccc(Cl)cc2)cc1. The molecule has 3 rings (SSSR count). The van der Waals surface area contributed by atoms with Gasteiger partial charge in [0.1, 0.15) is 0 Å². The number of halogens is 1. The van der Waals surface area contributed by atoms with E-state index in [4.69, 9.17) is 11.6 Å². The van der Waals surface area contributed by atoms with Crippen molar-refractivity contribution in [1.29, 1.82) is 0 Å². The molecule has 0 saturated carbocycles. The van der Waals surface area contributed by atoms with E-state index in [0.29, 0.717) is 10.8 Å². The van der Waals surface area contributed by atoms with Gasteiger partial charge in [-0.2, -0.15) is 11.8 Å². The molecule has 0 bridgehead atoms. The molecule has 3 aromatic rings.